The monoisotopic (exact) mass is 278 g/mol. The van der Waals surface area contributed by atoms with E-state index < -0.39 is 6.10 Å². The molecule has 1 heterocycles. The van der Waals surface area contributed by atoms with Gasteiger partial charge in [0.1, 0.15) is 6.10 Å². The molecule has 0 fully saturated rings. The van der Waals surface area contributed by atoms with Gasteiger partial charge in [0, 0.05) is 7.05 Å². The Morgan fingerprint density at radius 1 is 1.05 bits per heavy atom. The molecule has 2 aromatic carbocycles. The fourth-order valence-corrected chi connectivity index (χ4v) is 2.67. The van der Waals surface area contributed by atoms with Gasteiger partial charge in [0.2, 0.25) is 0 Å². The van der Waals surface area contributed by atoms with Crippen LogP contribution in [0.15, 0.2) is 61.1 Å². The van der Waals surface area contributed by atoms with Crippen LogP contribution < -0.4 is 0 Å². The Balaban J connectivity index is 2.07. The SMILES string of the molecule is Cc1c(-c2ccccc2)cccc1C(O)c1cncn1C. The van der Waals surface area contributed by atoms with E-state index in [2.05, 4.69) is 30.1 Å². The Labute approximate surface area is 124 Å². The number of aliphatic hydroxyl groups excluding tert-OH is 1. The molecule has 1 unspecified atom stereocenters. The van der Waals surface area contributed by atoms with Gasteiger partial charge in [-0.2, -0.15) is 0 Å². The summed E-state index contributed by atoms with van der Waals surface area (Å²) in [6.45, 7) is 2.05. The highest BCUT2D eigenvalue weighted by molar-refractivity contribution is 5.68. The van der Waals surface area contributed by atoms with Gasteiger partial charge in [-0.05, 0) is 29.2 Å². The number of aryl methyl sites for hydroxylation is 1. The molecule has 1 N–H and O–H groups in total. The molecule has 0 saturated carbocycles. The summed E-state index contributed by atoms with van der Waals surface area (Å²) < 4.78 is 1.85. The molecule has 1 aromatic heterocycles. The van der Waals surface area contributed by atoms with Crippen LogP contribution in [-0.2, 0) is 7.05 Å². The number of aliphatic hydroxyl groups is 1. The molecule has 0 aliphatic rings. The molecule has 0 amide bonds. The normalized spacial score (nSPS) is 12.3. The third-order valence-corrected chi connectivity index (χ3v) is 3.89. The van der Waals surface area contributed by atoms with Crippen LogP contribution in [0.2, 0.25) is 0 Å². The lowest BCUT2D eigenvalue weighted by Crippen LogP contribution is -2.07. The second-order valence-electron chi connectivity index (χ2n) is 5.22. The molecule has 3 aromatic rings. The van der Waals surface area contributed by atoms with Crippen molar-refractivity contribution >= 4 is 0 Å². The highest BCUT2D eigenvalue weighted by Gasteiger charge is 2.17. The van der Waals surface area contributed by atoms with Crippen molar-refractivity contribution in [2.75, 3.05) is 0 Å². The van der Waals surface area contributed by atoms with Crippen molar-refractivity contribution < 1.29 is 5.11 Å². The molecule has 0 bridgehead atoms. The average Bonchev–Trinajstić information content (AvgIpc) is 2.94. The van der Waals surface area contributed by atoms with Crippen LogP contribution >= 0.6 is 0 Å². The van der Waals surface area contributed by atoms with Crippen molar-refractivity contribution in [3.05, 3.63) is 77.9 Å². The Bertz CT molecular complexity index is 747. The zero-order chi connectivity index (χ0) is 14.8. The van der Waals surface area contributed by atoms with Gasteiger partial charge in [0.05, 0.1) is 18.2 Å². The summed E-state index contributed by atoms with van der Waals surface area (Å²) in [6.07, 6.45) is 2.75. The number of benzene rings is 2. The predicted octanol–water partition coefficient (Wildman–Crippen LogP) is 3.48. The first-order valence-corrected chi connectivity index (χ1v) is 6.97. The first kappa shape index (κ1) is 13.6. The molecule has 0 spiro atoms. The van der Waals surface area contributed by atoms with Gasteiger partial charge < -0.3 is 9.67 Å². The van der Waals surface area contributed by atoms with Crippen molar-refractivity contribution in [1.29, 1.82) is 0 Å². The van der Waals surface area contributed by atoms with E-state index in [1.165, 1.54) is 0 Å². The molecular weight excluding hydrogens is 260 g/mol. The number of rotatable bonds is 3. The first-order chi connectivity index (χ1) is 10.2. The summed E-state index contributed by atoms with van der Waals surface area (Å²) >= 11 is 0. The summed E-state index contributed by atoms with van der Waals surface area (Å²) in [6, 6.07) is 16.3. The third-order valence-electron chi connectivity index (χ3n) is 3.89. The van der Waals surface area contributed by atoms with E-state index in [-0.39, 0.29) is 0 Å². The lowest BCUT2D eigenvalue weighted by atomic mass is 9.93. The molecule has 0 aliphatic carbocycles. The van der Waals surface area contributed by atoms with Gasteiger partial charge in [0.15, 0.2) is 0 Å². The summed E-state index contributed by atoms with van der Waals surface area (Å²) in [7, 11) is 1.89. The summed E-state index contributed by atoms with van der Waals surface area (Å²) in [4.78, 5) is 4.08. The molecule has 0 aliphatic heterocycles. The molecule has 3 rings (SSSR count). The van der Waals surface area contributed by atoms with Crippen molar-refractivity contribution in [1.82, 2.24) is 9.55 Å². The van der Waals surface area contributed by atoms with Gasteiger partial charge in [0.25, 0.3) is 0 Å². The second-order valence-corrected chi connectivity index (χ2v) is 5.22. The average molecular weight is 278 g/mol. The van der Waals surface area contributed by atoms with E-state index in [9.17, 15) is 5.11 Å². The number of nitrogens with zero attached hydrogens (tertiary/aromatic N) is 2. The van der Waals surface area contributed by atoms with Crippen LogP contribution in [0.5, 0.6) is 0 Å². The van der Waals surface area contributed by atoms with Gasteiger partial charge in [-0.3, -0.25) is 0 Å². The Morgan fingerprint density at radius 2 is 1.81 bits per heavy atom. The highest BCUT2D eigenvalue weighted by atomic mass is 16.3. The van der Waals surface area contributed by atoms with Gasteiger partial charge in [-0.15, -0.1) is 0 Å². The minimum atomic E-state index is -0.666. The van der Waals surface area contributed by atoms with Crippen molar-refractivity contribution in [3.63, 3.8) is 0 Å². The van der Waals surface area contributed by atoms with Crippen LogP contribution in [0.3, 0.4) is 0 Å². The quantitative estimate of drug-likeness (QED) is 0.796. The van der Waals surface area contributed by atoms with Gasteiger partial charge in [-0.1, -0.05) is 48.5 Å². The highest BCUT2D eigenvalue weighted by Crippen LogP contribution is 2.31. The second kappa shape index (κ2) is 5.54. The molecule has 21 heavy (non-hydrogen) atoms. The zero-order valence-corrected chi connectivity index (χ0v) is 12.2. The smallest absolute Gasteiger partial charge is 0.121 e. The number of hydrogen-bond donors (Lipinski definition) is 1. The van der Waals surface area contributed by atoms with Crippen molar-refractivity contribution in [3.8, 4) is 11.1 Å². The fraction of sp³-hybridized carbons (Fsp3) is 0.167. The topological polar surface area (TPSA) is 38.1 Å². The minimum absolute atomic E-state index is 0.666. The molecule has 0 radical (unpaired) electrons. The number of aromatic nitrogens is 2. The fourth-order valence-electron chi connectivity index (χ4n) is 2.67. The minimum Gasteiger partial charge on any atom is -0.382 e. The van der Waals surface area contributed by atoms with E-state index in [1.807, 2.05) is 41.9 Å². The van der Waals surface area contributed by atoms with E-state index in [0.717, 1.165) is 27.9 Å². The largest absolute Gasteiger partial charge is 0.382 e. The maximum Gasteiger partial charge on any atom is 0.121 e. The lowest BCUT2D eigenvalue weighted by molar-refractivity contribution is 0.211. The molecular formula is C18H18N2O. The van der Waals surface area contributed by atoms with E-state index in [1.54, 1.807) is 12.5 Å². The predicted molar refractivity (Wildman–Crippen MR) is 83.9 cm³/mol. The van der Waals surface area contributed by atoms with Crippen LogP contribution in [0.1, 0.15) is 22.9 Å². The Kier molecular flexibility index (Phi) is 3.59. The summed E-state index contributed by atoms with van der Waals surface area (Å²) in [5, 5.41) is 10.7. The summed E-state index contributed by atoms with van der Waals surface area (Å²) in [5.74, 6) is 0. The molecule has 3 nitrogen and oxygen atoms in total. The van der Waals surface area contributed by atoms with E-state index in [0.29, 0.717) is 0 Å². The zero-order valence-electron chi connectivity index (χ0n) is 12.2. The summed E-state index contributed by atoms with van der Waals surface area (Å²) in [5.41, 5.74) is 5.11. The lowest BCUT2D eigenvalue weighted by Gasteiger charge is -2.17. The Hall–Kier alpha value is -2.39. The maximum absolute atomic E-state index is 10.7. The third kappa shape index (κ3) is 2.48. The number of hydrogen-bond acceptors (Lipinski definition) is 2. The van der Waals surface area contributed by atoms with Crippen molar-refractivity contribution in [2.24, 2.45) is 7.05 Å². The first-order valence-electron chi connectivity index (χ1n) is 6.97. The van der Waals surface area contributed by atoms with Crippen LogP contribution in [0, 0.1) is 6.92 Å². The van der Waals surface area contributed by atoms with Crippen LogP contribution in [-0.4, -0.2) is 14.7 Å². The van der Waals surface area contributed by atoms with Gasteiger partial charge in [-0.25, -0.2) is 4.98 Å². The number of imidazole rings is 1. The van der Waals surface area contributed by atoms with E-state index >= 15 is 0 Å². The van der Waals surface area contributed by atoms with Crippen LogP contribution in [0.4, 0.5) is 0 Å². The Morgan fingerprint density at radius 3 is 2.48 bits per heavy atom. The van der Waals surface area contributed by atoms with Gasteiger partial charge >= 0.3 is 0 Å². The standard InChI is InChI=1S/C18H18N2O/c1-13-15(14-7-4-3-5-8-14)9-6-10-16(13)18(21)17-11-19-12-20(17)2/h3-12,18,21H,1-2H3. The van der Waals surface area contributed by atoms with Crippen molar-refractivity contribution in [2.45, 2.75) is 13.0 Å². The maximum atomic E-state index is 10.7. The van der Waals surface area contributed by atoms with E-state index in [4.69, 9.17) is 0 Å². The molecule has 3 heteroatoms. The molecule has 106 valence electrons. The van der Waals surface area contributed by atoms with Crippen LogP contribution in [0.25, 0.3) is 11.1 Å². The molecule has 0 saturated heterocycles. The molecule has 1 atom stereocenters.